The van der Waals surface area contributed by atoms with E-state index in [0.717, 1.165) is 24.3 Å². The highest BCUT2D eigenvalue weighted by Gasteiger charge is 2.31. The van der Waals surface area contributed by atoms with Gasteiger partial charge in [-0.2, -0.15) is 26.3 Å². The van der Waals surface area contributed by atoms with Crippen molar-refractivity contribution in [1.82, 2.24) is 0 Å². The molecule has 0 aliphatic carbocycles. The predicted octanol–water partition coefficient (Wildman–Crippen LogP) is 8.75. The highest BCUT2D eigenvalue weighted by Crippen LogP contribution is 2.40. The molecule has 0 bridgehead atoms. The fraction of sp³-hybridized carbons (Fsp3) is 0.133. The van der Waals surface area contributed by atoms with Gasteiger partial charge in [0.1, 0.15) is 11.5 Å². The first-order valence-electron chi connectivity index (χ1n) is 11.4. The Morgan fingerprint density at radius 3 is 0.868 bits per heavy atom. The van der Waals surface area contributed by atoms with Crippen LogP contribution in [0.3, 0.4) is 0 Å². The van der Waals surface area contributed by atoms with E-state index in [1.807, 2.05) is 0 Å². The Balaban J connectivity index is 2.03. The zero-order chi connectivity index (χ0) is 27.5. The summed E-state index contributed by atoms with van der Waals surface area (Å²) in [5, 5.41) is 0. The average Bonchev–Trinajstić information content (AvgIpc) is 2.91. The number of halogens is 6. The van der Waals surface area contributed by atoms with Crippen LogP contribution in [0.25, 0.3) is 11.1 Å². The molecule has 0 aliphatic heterocycles. The summed E-state index contributed by atoms with van der Waals surface area (Å²) >= 11 is 0. The molecule has 0 fully saturated rings. The van der Waals surface area contributed by atoms with E-state index in [2.05, 4.69) is 0 Å². The maximum Gasteiger partial charge on any atom is 0.416 e. The first-order valence-corrected chi connectivity index (χ1v) is 11.4. The zero-order valence-electron chi connectivity index (χ0n) is 20.3. The Bertz CT molecular complexity index is 1290. The van der Waals surface area contributed by atoms with Crippen molar-refractivity contribution in [3.8, 4) is 11.5 Å². The molecule has 0 saturated carbocycles. The molecule has 4 aromatic carbocycles. The van der Waals surface area contributed by atoms with Crippen molar-refractivity contribution in [2.24, 2.45) is 0 Å². The van der Waals surface area contributed by atoms with Crippen LogP contribution in [0.15, 0.2) is 97.1 Å². The van der Waals surface area contributed by atoms with Crippen LogP contribution in [0.5, 0.6) is 11.5 Å². The van der Waals surface area contributed by atoms with Crippen LogP contribution in [0, 0.1) is 0 Å². The molecule has 0 heterocycles. The Morgan fingerprint density at radius 1 is 0.421 bits per heavy atom. The minimum absolute atomic E-state index is 0.453. The molecule has 0 atom stereocenters. The normalized spacial score (nSPS) is 12.6. The van der Waals surface area contributed by atoms with Crippen LogP contribution in [-0.2, 0) is 12.4 Å². The zero-order valence-corrected chi connectivity index (χ0v) is 20.3. The van der Waals surface area contributed by atoms with E-state index in [1.165, 1.54) is 38.5 Å². The molecule has 0 saturated heterocycles. The Labute approximate surface area is 215 Å². The lowest BCUT2D eigenvalue weighted by Crippen LogP contribution is -2.06. The molecule has 0 N–H and O–H groups in total. The van der Waals surface area contributed by atoms with Crippen molar-refractivity contribution in [3.05, 3.63) is 130 Å². The van der Waals surface area contributed by atoms with Crippen LogP contribution in [0.2, 0.25) is 0 Å². The second-order valence-electron chi connectivity index (χ2n) is 8.36. The van der Waals surface area contributed by atoms with E-state index < -0.39 is 23.5 Å². The van der Waals surface area contributed by atoms with E-state index in [9.17, 15) is 26.3 Å². The molecule has 0 unspecified atom stereocenters. The van der Waals surface area contributed by atoms with Gasteiger partial charge in [0.2, 0.25) is 0 Å². The summed E-state index contributed by atoms with van der Waals surface area (Å²) in [7, 11) is 3.01. The van der Waals surface area contributed by atoms with Gasteiger partial charge in [-0.3, -0.25) is 0 Å². The van der Waals surface area contributed by atoms with Crippen molar-refractivity contribution >= 4 is 11.1 Å². The van der Waals surface area contributed by atoms with Gasteiger partial charge in [0, 0.05) is 0 Å². The van der Waals surface area contributed by atoms with E-state index in [-0.39, 0.29) is 0 Å². The van der Waals surface area contributed by atoms with Gasteiger partial charge in [0.25, 0.3) is 0 Å². The molecule has 8 heteroatoms. The molecule has 196 valence electrons. The molecule has 38 heavy (non-hydrogen) atoms. The van der Waals surface area contributed by atoms with Gasteiger partial charge in [-0.25, -0.2) is 0 Å². The lowest BCUT2D eigenvalue weighted by molar-refractivity contribution is -0.138. The third-order valence-electron chi connectivity index (χ3n) is 6.01. The minimum Gasteiger partial charge on any atom is -0.497 e. The summed E-state index contributed by atoms with van der Waals surface area (Å²) in [4.78, 5) is 0. The summed E-state index contributed by atoms with van der Waals surface area (Å²) in [5.41, 5.74) is 1.62. The Hall–Kier alpha value is -4.20. The fourth-order valence-electron chi connectivity index (χ4n) is 4.08. The van der Waals surface area contributed by atoms with E-state index in [1.54, 1.807) is 48.5 Å². The van der Waals surface area contributed by atoms with Crippen molar-refractivity contribution in [3.63, 3.8) is 0 Å². The van der Waals surface area contributed by atoms with Gasteiger partial charge in [0.15, 0.2) is 0 Å². The maximum atomic E-state index is 13.3. The van der Waals surface area contributed by atoms with Crippen molar-refractivity contribution in [2.75, 3.05) is 14.2 Å². The number of benzene rings is 4. The van der Waals surface area contributed by atoms with Crippen LogP contribution in [-0.4, -0.2) is 14.2 Å². The van der Waals surface area contributed by atoms with E-state index in [0.29, 0.717) is 44.9 Å². The fourth-order valence-corrected chi connectivity index (χ4v) is 4.08. The molecular formula is C30H22F6O2. The second-order valence-corrected chi connectivity index (χ2v) is 8.36. The number of hydrogen-bond acceptors (Lipinski definition) is 2. The monoisotopic (exact) mass is 528 g/mol. The average molecular weight is 528 g/mol. The van der Waals surface area contributed by atoms with Gasteiger partial charge >= 0.3 is 12.4 Å². The van der Waals surface area contributed by atoms with Crippen molar-refractivity contribution in [2.45, 2.75) is 12.4 Å². The molecule has 0 aromatic heterocycles. The maximum absolute atomic E-state index is 13.3. The molecule has 0 aliphatic rings. The summed E-state index contributed by atoms with van der Waals surface area (Å²) in [6.07, 6.45) is -9.04. The van der Waals surface area contributed by atoms with Gasteiger partial charge in [-0.15, -0.1) is 0 Å². The van der Waals surface area contributed by atoms with Crippen LogP contribution in [0.4, 0.5) is 26.3 Å². The lowest BCUT2D eigenvalue weighted by atomic mass is 9.85. The van der Waals surface area contributed by atoms with E-state index in [4.69, 9.17) is 9.47 Å². The highest BCUT2D eigenvalue weighted by molar-refractivity contribution is 6.04. The SMILES string of the molecule is COc1ccc(/C(=C(\c2ccc(OC)cc2)c2ccc(C(F)(F)F)cc2)c2ccc(C(F)(F)F)cc2)cc1. The molecule has 4 rings (SSSR count). The summed E-state index contributed by atoms with van der Waals surface area (Å²) < 4.78 is 90.2. The smallest absolute Gasteiger partial charge is 0.416 e. The Morgan fingerprint density at radius 2 is 0.658 bits per heavy atom. The predicted molar refractivity (Wildman–Crippen MR) is 134 cm³/mol. The molecule has 0 radical (unpaired) electrons. The third kappa shape index (κ3) is 5.85. The number of rotatable bonds is 6. The van der Waals surface area contributed by atoms with Crippen molar-refractivity contribution < 1.29 is 35.8 Å². The van der Waals surface area contributed by atoms with Crippen molar-refractivity contribution in [1.29, 1.82) is 0 Å². The summed E-state index contributed by atoms with van der Waals surface area (Å²) in [5.74, 6) is 1.14. The van der Waals surface area contributed by atoms with Crippen LogP contribution < -0.4 is 9.47 Å². The minimum atomic E-state index is -4.52. The second kappa shape index (κ2) is 10.7. The van der Waals surface area contributed by atoms with Gasteiger partial charge in [-0.05, 0) is 81.9 Å². The highest BCUT2D eigenvalue weighted by atomic mass is 19.4. The number of methoxy groups -OCH3 is 2. The summed E-state index contributed by atoms with van der Waals surface area (Å²) in [6.45, 7) is 0. The molecule has 4 aromatic rings. The largest absolute Gasteiger partial charge is 0.497 e. The number of hydrogen-bond donors (Lipinski definition) is 0. The first kappa shape index (κ1) is 26.9. The van der Waals surface area contributed by atoms with Gasteiger partial charge in [-0.1, -0.05) is 48.5 Å². The van der Waals surface area contributed by atoms with E-state index >= 15 is 0 Å². The number of ether oxygens (including phenoxy) is 2. The quantitative estimate of drug-likeness (QED) is 0.184. The topological polar surface area (TPSA) is 18.5 Å². The van der Waals surface area contributed by atoms with Gasteiger partial charge < -0.3 is 9.47 Å². The molecule has 0 amide bonds. The Kier molecular flexibility index (Phi) is 7.53. The van der Waals surface area contributed by atoms with Crippen LogP contribution in [0.1, 0.15) is 33.4 Å². The van der Waals surface area contributed by atoms with Gasteiger partial charge in [0.05, 0.1) is 25.3 Å². The lowest BCUT2D eigenvalue weighted by Gasteiger charge is -2.19. The molecular weight excluding hydrogens is 506 g/mol. The third-order valence-corrected chi connectivity index (χ3v) is 6.01. The molecule has 2 nitrogen and oxygen atoms in total. The first-order chi connectivity index (χ1) is 18.0. The molecule has 0 spiro atoms. The van der Waals surface area contributed by atoms with Crippen LogP contribution >= 0.6 is 0 Å². The summed E-state index contributed by atoms with van der Waals surface area (Å²) in [6, 6.07) is 23.2. The standard InChI is InChI=1S/C30H22F6O2/c1-37-25-15-7-21(8-16-25)27(19-3-11-23(12-4-19)29(31,32)33)28(22-9-17-26(38-2)18-10-22)20-5-13-24(14-6-20)30(34,35)36/h3-18H,1-2H3/b28-27-. The number of alkyl halides is 6.